The second-order valence-electron chi connectivity index (χ2n) is 6.47. The summed E-state index contributed by atoms with van der Waals surface area (Å²) in [5.74, 6) is 2.73. The second-order valence-corrected chi connectivity index (χ2v) is 7.62. The summed E-state index contributed by atoms with van der Waals surface area (Å²) in [5, 5.41) is 3.04. The van der Waals surface area contributed by atoms with Gasteiger partial charge in [0, 0.05) is 11.8 Å². The van der Waals surface area contributed by atoms with Crippen molar-refractivity contribution in [2.75, 3.05) is 11.5 Å². The fourth-order valence-electron chi connectivity index (χ4n) is 3.61. The van der Waals surface area contributed by atoms with Crippen LogP contribution < -0.4 is 5.32 Å². The number of rotatable bonds is 3. The summed E-state index contributed by atoms with van der Waals surface area (Å²) >= 11 is 1.91. The molecule has 112 valence electrons. The number of nitrogens with zero attached hydrogens (tertiary/aromatic N) is 1. The third-order valence-electron chi connectivity index (χ3n) is 5.01. The lowest BCUT2D eigenvalue weighted by Gasteiger charge is -2.48. The highest BCUT2D eigenvalue weighted by atomic mass is 32.2. The number of hydrogen-bond acceptors (Lipinski definition) is 3. The van der Waals surface area contributed by atoms with Crippen molar-refractivity contribution in [3.8, 4) is 0 Å². The van der Waals surface area contributed by atoms with E-state index in [-0.39, 0.29) is 23.9 Å². The molecule has 2 heterocycles. The lowest BCUT2D eigenvalue weighted by Crippen LogP contribution is -2.72. The lowest BCUT2D eigenvalue weighted by atomic mass is 9.87. The Morgan fingerprint density at radius 3 is 2.65 bits per heavy atom. The van der Waals surface area contributed by atoms with Gasteiger partial charge in [0.2, 0.25) is 11.8 Å². The standard InChI is InChI=1S/C15H24N2O2S/c1-3-12-13(18)16-15(2,10-6-7-10)14(19)17(12)11-5-4-8-20-9-11/h10-12H,3-9H2,1-2H3,(H,16,18). The smallest absolute Gasteiger partial charge is 0.249 e. The summed E-state index contributed by atoms with van der Waals surface area (Å²) in [5.41, 5.74) is -0.648. The minimum atomic E-state index is -0.648. The average molecular weight is 296 g/mol. The molecule has 2 amide bonds. The molecule has 1 saturated carbocycles. The molecule has 1 aliphatic carbocycles. The monoisotopic (exact) mass is 296 g/mol. The number of piperazine rings is 1. The Kier molecular flexibility index (Phi) is 3.73. The Bertz CT molecular complexity index is 418. The molecule has 3 rings (SSSR count). The van der Waals surface area contributed by atoms with Gasteiger partial charge in [-0.05, 0) is 50.7 Å². The molecule has 3 aliphatic rings. The van der Waals surface area contributed by atoms with E-state index in [1.165, 1.54) is 5.75 Å². The predicted octanol–water partition coefficient (Wildman–Crippen LogP) is 1.79. The van der Waals surface area contributed by atoms with Gasteiger partial charge in [0.25, 0.3) is 0 Å². The number of thioether (sulfide) groups is 1. The summed E-state index contributed by atoms with van der Waals surface area (Å²) in [6.45, 7) is 3.93. The van der Waals surface area contributed by atoms with Crippen molar-refractivity contribution in [2.45, 2.75) is 63.6 Å². The van der Waals surface area contributed by atoms with Crippen LogP contribution in [-0.4, -0.2) is 45.8 Å². The third kappa shape index (κ3) is 2.24. The van der Waals surface area contributed by atoms with Gasteiger partial charge in [-0.3, -0.25) is 9.59 Å². The molecule has 0 aromatic heterocycles. The van der Waals surface area contributed by atoms with Crippen molar-refractivity contribution in [3.63, 3.8) is 0 Å². The van der Waals surface area contributed by atoms with Gasteiger partial charge < -0.3 is 10.2 Å². The number of hydrogen-bond donors (Lipinski definition) is 1. The highest BCUT2D eigenvalue weighted by molar-refractivity contribution is 7.99. The summed E-state index contributed by atoms with van der Waals surface area (Å²) in [6, 6.07) is -0.0200. The van der Waals surface area contributed by atoms with E-state index in [0.29, 0.717) is 12.3 Å². The van der Waals surface area contributed by atoms with Crippen molar-refractivity contribution in [2.24, 2.45) is 5.92 Å². The van der Waals surface area contributed by atoms with Gasteiger partial charge in [0.15, 0.2) is 0 Å². The molecule has 3 atom stereocenters. The molecule has 5 heteroatoms. The molecular weight excluding hydrogens is 272 g/mol. The Balaban J connectivity index is 1.89. The number of carbonyl (C=O) groups excluding carboxylic acids is 2. The number of amides is 2. The molecule has 4 nitrogen and oxygen atoms in total. The van der Waals surface area contributed by atoms with Crippen LogP contribution in [-0.2, 0) is 9.59 Å². The van der Waals surface area contributed by atoms with Crippen LogP contribution in [0.25, 0.3) is 0 Å². The van der Waals surface area contributed by atoms with Crippen LogP contribution in [0.15, 0.2) is 0 Å². The topological polar surface area (TPSA) is 49.4 Å². The van der Waals surface area contributed by atoms with E-state index in [1.807, 2.05) is 30.5 Å². The van der Waals surface area contributed by atoms with E-state index in [0.717, 1.165) is 31.4 Å². The van der Waals surface area contributed by atoms with Gasteiger partial charge in [-0.15, -0.1) is 0 Å². The average Bonchev–Trinajstić information content (AvgIpc) is 3.28. The van der Waals surface area contributed by atoms with Crippen LogP contribution in [0.1, 0.15) is 46.0 Å². The summed E-state index contributed by atoms with van der Waals surface area (Å²) in [7, 11) is 0. The lowest BCUT2D eigenvalue weighted by molar-refractivity contribution is -0.158. The first-order valence-corrected chi connectivity index (χ1v) is 8.96. The summed E-state index contributed by atoms with van der Waals surface area (Å²) in [4.78, 5) is 27.5. The van der Waals surface area contributed by atoms with Crippen molar-refractivity contribution in [1.82, 2.24) is 10.2 Å². The molecule has 0 spiro atoms. The van der Waals surface area contributed by atoms with E-state index in [2.05, 4.69) is 5.32 Å². The van der Waals surface area contributed by atoms with Gasteiger partial charge in [0.05, 0.1) is 0 Å². The van der Waals surface area contributed by atoms with Crippen LogP contribution in [0, 0.1) is 5.92 Å². The molecule has 0 radical (unpaired) electrons. The predicted molar refractivity (Wildman–Crippen MR) is 80.5 cm³/mol. The molecule has 3 fully saturated rings. The minimum Gasteiger partial charge on any atom is -0.340 e. The first-order valence-electron chi connectivity index (χ1n) is 7.80. The fraction of sp³-hybridized carbons (Fsp3) is 0.867. The molecule has 0 aromatic carbocycles. The first-order chi connectivity index (χ1) is 9.58. The van der Waals surface area contributed by atoms with Crippen molar-refractivity contribution in [3.05, 3.63) is 0 Å². The van der Waals surface area contributed by atoms with E-state index < -0.39 is 5.54 Å². The molecule has 2 aliphatic heterocycles. The van der Waals surface area contributed by atoms with Gasteiger partial charge >= 0.3 is 0 Å². The molecule has 0 bridgehead atoms. The maximum absolute atomic E-state index is 13.0. The van der Waals surface area contributed by atoms with Crippen LogP contribution in [0.5, 0.6) is 0 Å². The van der Waals surface area contributed by atoms with Gasteiger partial charge in [-0.2, -0.15) is 11.8 Å². The summed E-state index contributed by atoms with van der Waals surface area (Å²) < 4.78 is 0. The Hall–Kier alpha value is -0.710. The maximum Gasteiger partial charge on any atom is 0.249 e. The van der Waals surface area contributed by atoms with E-state index in [9.17, 15) is 9.59 Å². The number of nitrogens with one attached hydrogen (secondary N) is 1. The van der Waals surface area contributed by atoms with Crippen LogP contribution in [0.2, 0.25) is 0 Å². The van der Waals surface area contributed by atoms with Gasteiger partial charge in [0.1, 0.15) is 11.6 Å². The Morgan fingerprint density at radius 2 is 2.10 bits per heavy atom. The third-order valence-corrected chi connectivity index (χ3v) is 6.21. The van der Waals surface area contributed by atoms with Gasteiger partial charge in [-0.25, -0.2) is 0 Å². The zero-order valence-electron chi connectivity index (χ0n) is 12.4. The van der Waals surface area contributed by atoms with E-state index >= 15 is 0 Å². The van der Waals surface area contributed by atoms with E-state index in [1.54, 1.807) is 0 Å². The molecular formula is C15H24N2O2S. The fourth-order valence-corrected chi connectivity index (χ4v) is 4.75. The molecule has 1 N–H and O–H groups in total. The normalized spacial score (nSPS) is 38.8. The summed E-state index contributed by atoms with van der Waals surface area (Å²) in [6.07, 6.45) is 5.03. The molecule has 2 saturated heterocycles. The Labute approximate surface area is 125 Å². The van der Waals surface area contributed by atoms with E-state index in [4.69, 9.17) is 0 Å². The Morgan fingerprint density at radius 1 is 1.35 bits per heavy atom. The van der Waals surface area contributed by atoms with Crippen LogP contribution in [0.3, 0.4) is 0 Å². The van der Waals surface area contributed by atoms with Crippen LogP contribution >= 0.6 is 11.8 Å². The maximum atomic E-state index is 13.0. The van der Waals surface area contributed by atoms with Crippen molar-refractivity contribution in [1.29, 1.82) is 0 Å². The zero-order chi connectivity index (χ0) is 14.3. The van der Waals surface area contributed by atoms with Crippen LogP contribution in [0.4, 0.5) is 0 Å². The molecule has 20 heavy (non-hydrogen) atoms. The van der Waals surface area contributed by atoms with Gasteiger partial charge in [-0.1, -0.05) is 6.92 Å². The molecule has 0 aromatic rings. The first kappa shape index (κ1) is 14.2. The second kappa shape index (κ2) is 5.24. The highest BCUT2D eigenvalue weighted by Crippen LogP contribution is 2.43. The SMILES string of the molecule is CCC1C(=O)NC(C)(C2CC2)C(=O)N1C1CCCSC1. The van der Waals surface area contributed by atoms with Crippen molar-refractivity contribution >= 4 is 23.6 Å². The molecule has 3 unspecified atom stereocenters. The zero-order valence-corrected chi connectivity index (χ0v) is 13.2. The largest absolute Gasteiger partial charge is 0.340 e. The van der Waals surface area contributed by atoms with Crippen molar-refractivity contribution < 1.29 is 9.59 Å². The quantitative estimate of drug-likeness (QED) is 0.864. The highest BCUT2D eigenvalue weighted by Gasteiger charge is 2.56. The number of carbonyl (C=O) groups is 2. The minimum absolute atomic E-state index is 0.0528.